The first-order chi connectivity index (χ1) is 14.0. The second-order valence-electron chi connectivity index (χ2n) is 7.39. The van der Waals surface area contributed by atoms with Crippen LogP contribution in [0.5, 0.6) is 0 Å². The van der Waals surface area contributed by atoms with Crippen LogP contribution >= 0.6 is 0 Å². The molecule has 0 saturated heterocycles. The molecule has 0 saturated carbocycles. The van der Waals surface area contributed by atoms with Crippen molar-refractivity contribution in [1.29, 1.82) is 0 Å². The van der Waals surface area contributed by atoms with E-state index in [2.05, 4.69) is 17.0 Å². The van der Waals surface area contributed by atoms with Crippen LogP contribution in [0, 0.1) is 5.92 Å². The van der Waals surface area contributed by atoms with Crippen LogP contribution in [-0.4, -0.2) is 32.5 Å². The zero-order chi connectivity index (χ0) is 20.8. The third-order valence-electron chi connectivity index (χ3n) is 5.16. The Bertz CT molecular complexity index is 911. The summed E-state index contributed by atoms with van der Waals surface area (Å²) in [4.78, 5) is 27.3. The Balaban J connectivity index is 1.85. The minimum atomic E-state index is -0.783. The molecule has 3 rings (SSSR count). The zero-order valence-corrected chi connectivity index (χ0v) is 17.2. The van der Waals surface area contributed by atoms with Gasteiger partial charge in [0.05, 0.1) is 6.61 Å². The average Bonchev–Trinajstić information content (AvgIpc) is 2.73. The van der Waals surface area contributed by atoms with Crippen molar-refractivity contribution in [3.05, 3.63) is 83.4 Å². The van der Waals surface area contributed by atoms with Crippen LogP contribution in [0.25, 0.3) is 6.08 Å². The number of carbonyl (C=O) groups is 2. The molecule has 0 unspecified atom stereocenters. The molecule has 150 valence electrons. The maximum absolute atomic E-state index is 12.8. The molecule has 0 amide bonds. The molecule has 0 radical (unpaired) electrons. The van der Waals surface area contributed by atoms with Gasteiger partial charge in [-0.2, -0.15) is 0 Å². The summed E-state index contributed by atoms with van der Waals surface area (Å²) in [7, 11) is 4.01. The maximum atomic E-state index is 12.8. The molecule has 4 heteroatoms. The first kappa shape index (κ1) is 20.6. The number of esters is 1. The van der Waals surface area contributed by atoms with Crippen molar-refractivity contribution in [3.8, 4) is 0 Å². The van der Waals surface area contributed by atoms with Gasteiger partial charge in [0.15, 0.2) is 5.78 Å². The number of allylic oxidation sites excluding steroid dienone is 3. The molecule has 1 aliphatic rings. The SMILES string of the molecule is CCOC(=O)[C@H]1C(=O)C=C(/C=C/c2ccc(N(C)C)cc2)C[C@H]1c1ccccc1. The predicted molar refractivity (Wildman–Crippen MR) is 117 cm³/mol. The summed E-state index contributed by atoms with van der Waals surface area (Å²) < 4.78 is 5.19. The van der Waals surface area contributed by atoms with E-state index in [-0.39, 0.29) is 18.3 Å². The lowest BCUT2D eigenvalue weighted by atomic mass is 9.75. The van der Waals surface area contributed by atoms with Gasteiger partial charge in [-0.3, -0.25) is 9.59 Å². The summed E-state index contributed by atoms with van der Waals surface area (Å²) >= 11 is 0. The van der Waals surface area contributed by atoms with Crippen molar-refractivity contribution in [1.82, 2.24) is 0 Å². The quantitative estimate of drug-likeness (QED) is 0.534. The average molecular weight is 389 g/mol. The number of ketones is 1. The van der Waals surface area contributed by atoms with Crippen molar-refractivity contribution in [2.24, 2.45) is 5.92 Å². The topological polar surface area (TPSA) is 46.6 Å². The number of hydrogen-bond donors (Lipinski definition) is 0. The van der Waals surface area contributed by atoms with Gasteiger partial charge in [0.25, 0.3) is 0 Å². The maximum Gasteiger partial charge on any atom is 0.317 e. The van der Waals surface area contributed by atoms with Crippen molar-refractivity contribution in [3.63, 3.8) is 0 Å². The fourth-order valence-electron chi connectivity index (χ4n) is 3.63. The standard InChI is InChI=1S/C25H27NO3/c1-4-29-25(28)24-22(20-8-6-5-7-9-20)16-19(17-23(24)27)11-10-18-12-14-21(15-13-18)26(2)3/h5-15,17,22,24H,4,16H2,1-3H3/b11-10+/t22-,24+/m0/s1. The van der Waals surface area contributed by atoms with Crippen molar-refractivity contribution >= 4 is 23.5 Å². The van der Waals surface area contributed by atoms with E-state index < -0.39 is 11.9 Å². The van der Waals surface area contributed by atoms with E-state index in [1.807, 2.05) is 68.7 Å². The van der Waals surface area contributed by atoms with Gasteiger partial charge in [-0.15, -0.1) is 0 Å². The second kappa shape index (κ2) is 9.37. The Morgan fingerprint density at radius 2 is 1.76 bits per heavy atom. The van der Waals surface area contributed by atoms with Crippen LogP contribution < -0.4 is 4.90 Å². The first-order valence-corrected chi connectivity index (χ1v) is 9.91. The van der Waals surface area contributed by atoms with Crippen LogP contribution in [0.1, 0.15) is 30.4 Å². The van der Waals surface area contributed by atoms with Crippen molar-refractivity contribution in [2.45, 2.75) is 19.3 Å². The fraction of sp³-hybridized carbons (Fsp3) is 0.280. The summed E-state index contributed by atoms with van der Waals surface area (Å²) in [5.41, 5.74) is 4.10. The van der Waals surface area contributed by atoms with Gasteiger partial charge in [-0.1, -0.05) is 54.6 Å². The van der Waals surface area contributed by atoms with Gasteiger partial charge in [0.2, 0.25) is 0 Å². The summed E-state index contributed by atoms with van der Waals surface area (Å²) in [6.45, 7) is 2.03. The number of benzene rings is 2. The summed E-state index contributed by atoms with van der Waals surface area (Å²) in [5.74, 6) is -1.63. The first-order valence-electron chi connectivity index (χ1n) is 9.91. The zero-order valence-electron chi connectivity index (χ0n) is 17.2. The van der Waals surface area contributed by atoms with Crippen LogP contribution in [0.4, 0.5) is 5.69 Å². The smallest absolute Gasteiger partial charge is 0.317 e. The number of anilines is 1. The minimum Gasteiger partial charge on any atom is -0.465 e. The third-order valence-corrected chi connectivity index (χ3v) is 5.16. The molecule has 0 spiro atoms. The molecule has 0 heterocycles. The van der Waals surface area contributed by atoms with E-state index in [1.54, 1.807) is 13.0 Å². The molecule has 0 fully saturated rings. The Morgan fingerprint density at radius 3 is 2.38 bits per heavy atom. The molecule has 0 aromatic heterocycles. The molecule has 2 atom stereocenters. The highest BCUT2D eigenvalue weighted by atomic mass is 16.5. The normalized spacial score (nSPS) is 19.1. The van der Waals surface area contributed by atoms with E-state index in [9.17, 15) is 9.59 Å². The summed E-state index contributed by atoms with van der Waals surface area (Å²) in [6.07, 6.45) is 6.18. The van der Waals surface area contributed by atoms with Gasteiger partial charge in [-0.05, 0) is 48.3 Å². The van der Waals surface area contributed by atoms with Gasteiger partial charge >= 0.3 is 5.97 Å². The van der Waals surface area contributed by atoms with Crippen molar-refractivity contribution < 1.29 is 14.3 Å². The minimum absolute atomic E-state index is 0.189. The third kappa shape index (κ3) is 5.02. The Kier molecular flexibility index (Phi) is 6.65. The molecule has 0 N–H and O–H groups in total. The summed E-state index contributed by atoms with van der Waals surface area (Å²) in [5, 5.41) is 0. The lowest BCUT2D eigenvalue weighted by Gasteiger charge is -2.28. The molecule has 0 aliphatic heterocycles. The van der Waals surface area contributed by atoms with Crippen LogP contribution in [0.15, 0.2) is 72.3 Å². The van der Waals surface area contributed by atoms with Gasteiger partial charge in [0.1, 0.15) is 5.92 Å². The highest BCUT2D eigenvalue weighted by Gasteiger charge is 2.38. The van der Waals surface area contributed by atoms with Gasteiger partial charge in [-0.25, -0.2) is 0 Å². The van der Waals surface area contributed by atoms with Crippen LogP contribution in [-0.2, 0) is 14.3 Å². The van der Waals surface area contributed by atoms with E-state index in [0.717, 1.165) is 22.4 Å². The molecule has 2 aromatic carbocycles. The molecule has 0 bridgehead atoms. The van der Waals surface area contributed by atoms with Crippen molar-refractivity contribution in [2.75, 3.05) is 25.6 Å². The Morgan fingerprint density at radius 1 is 1.07 bits per heavy atom. The highest BCUT2D eigenvalue weighted by Crippen LogP contribution is 2.37. The Labute approximate surface area is 172 Å². The monoisotopic (exact) mass is 389 g/mol. The van der Waals surface area contributed by atoms with E-state index in [4.69, 9.17) is 4.74 Å². The van der Waals surface area contributed by atoms with Gasteiger partial charge in [0, 0.05) is 25.7 Å². The lowest BCUT2D eigenvalue weighted by molar-refractivity contribution is -0.151. The largest absolute Gasteiger partial charge is 0.465 e. The molecule has 1 aliphatic carbocycles. The van der Waals surface area contributed by atoms with E-state index >= 15 is 0 Å². The molecule has 29 heavy (non-hydrogen) atoms. The highest BCUT2D eigenvalue weighted by molar-refractivity contribution is 6.07. The molecular formula is C25H27NO3. The fourth-order valence-corrected chi connectivity index (χ4v) is 3.63. The molecular weight excluding hydrogens is 362 g/mol. The van der Waals surface area contributed by atoms with E-state index in [1.165, 1.54) is 0 Å². The van der Waals surface area contributed by atoms with Crippen LogP contribution in [0.2, 0.25) is 0 Å². The number of ether oxygens (including phenoxy) is 1. The number of nitrogens with zero attached hydrogens (tertiary/aromatic N) is 1. The number of carbonyl (C=O) groups excluding carboxylic acids is 2. The van der Waals surface area contributed by atoms with Crippen LogP contribution in [0.3, 0.4) is 0 Å². The summed E-state index contributed by atoms with van der Waals surface area (Å²) in [6, 6.07) is 18.0. The predicted octanol–water partition coefficient (Wildman–Crippen LogP) is 4.63. The molecule has 2 aromatic rings. The van der Waals surface area contributed by atoms with E-state index in [0.29, 0.717) is 6.42 Å². The van der Waals surface area contributed by atoms with Gasteiger partial charge < -0.3 is 9.64 Å². The molecule has 4 nitrogen and oxygen atoms in total. The Hall–Kier alpha value is -3.14. The second-order valence-corrected chi connectivity index (χ2v) is 7.39. The lowest BCUT2D eigenvalue weighted by Crippen LogP contribution is -2.34. The number of hydrogen-bond acceptors (Lipinski definition) is 4. The number of rotatable bonds is 6.